The van der Waals surface area contributed by atoms with Crippen LogP contribution in [-0.2, 0) is 0 Å². The molecule has 0 aliphatic carbocycles. The van der Waals surface area contributed by atoms with E-state index in [1.54, 1.807) is 6.20 Å². The predicted octanol–water partition coefficient (Wildman–Crippen LogP) is 2.66. The summed E-state index contributed by atoms with van der Waals surface area (Å²) < 4.78 is 1.91. The van der Waals surface area contributed by atoms with Gasteiger partial charge in [-0.15, -0.1) is 0 Å². The quantitative estimate of drug-likeness (QED) is 0.915. The van der Waals surface area contributed by atoms with Crippen LogP contribution in [-0.4, -0.2) is 35.3 Å². The van der Waals surface area contributed by atoms with Crippen LogP contribution in [0.3, 0.4) is 0 Å². The summed E-state index contributed by atoms with van der Waals surface area (Å²) in [4.78, 5) is 2.16. The monoisotopic (exact) mass is 278 g/mol. The van der Waals surface area contributed by atoms with Crippen LogP contribution < -0.4 is 5.73 Å². The van der Waals surface area contributed by atoms with E-state index < -0.39 is 0 Å². The summed E-state index contributed by atoms with van der Waals surface area (Å²) >= 11 is 6.08. The first-order chi connectivity index (χ1) is 9.06. The van der Waals surface area contributed by atoms with Crippen LogP contribution >= 0.6 is 11.6 Å². The third-order valence-electron chi connectivity index (χ3n) is 3.02. The number of benzene rings is 1. The molecule has 2 N–H and O–H groups in total. The molecular formula is C14H19ClN4. The zero-order valence-corrected chi connectivity index (χ0v) is 12.0. The third-order valence-corrected chi connectivity index (χ3v) is 3.26. The molecule has 1 atom stereocenters. The Morgan fingerprint density at radius 3 is 2.79 bits per heavy atom. The molecule has 1 heterocycles. The van der Waals surface area contributed by atoms with Crippen molar-refractivity contribution in [3.05, 3.63) is 47.2 Å². The van der Waals surface area contributed by atoms with Crippen molar-refractivity contribution in [1.82, 2.24) is 14.7 Å². The Kier molecular flexibility index (Phi) is 4.45. The van der Waals surface area contributed by atoms with Gasteiger partial charge in [0, 0.05) is 11.2 Å². The van der Waals surface area contributed by atoms with Crippen LogP contribution in [0.1, 0.15) is 18.0 Å². The van der Waals surface area contributed by atoms with Gasteiger partial charge in [-0.2, -0.15) is 5.10 Å². The lowest BCUT2D eigenvalue weighted by Gasteiger charge is -2.20. The smallest absolute Gasteiger partial charge is 0.0782 e. The van der Waals surface area contributed by atoms with E-state index in [0.29, 0.717) is 5.69 Å². The Bertz CT molecular complexity index is 536. The van der Waals surface area contributed by atoms with Crippen LogP contribution in [0, 0.1) is 0 Å². The number of hydrogen-bond acceptors (Lipinski definition) is 3. The molecule has 0 amide bonds. The van der Waals surface area contributed by atoms with E-state index in [1.165, 1.54) is 0 Å². The summed E-state index contributed by atoms with van der Waals surface area (Å²) in [6.45, 7) is 0.969. The first kappa shape index (κ1) is 13.9. The van der Waals surface area contributed by atoms with E-state index in [1.807, 2.05) is 29.1 Å². The average molecular weight is 279 g/mol. The third kappa shape index (κ3) is 3.72. The van der Waals surface area contributed by atoms with Gasteiger partial charge in [-0.1, -0.05) is 23.7 Å². The summed E-state index contributed by atoms with van der Waals surface area (Å²) in [5.74, 6) is 0. The summed E-state index contributed by atoms with van der Waals surface area (Å²) in [7, 11) is 4.12. The highest BCUT2D eigenvalue weighted by Gasteiger charge is 2.15. The van der Waals surface area contributed by atoms with Crippen LogP contribution in [0.25, 0.3) is 0 Å². The first-order valence-corrected chi connectivity index (χ1v) is 6.64. The number of nitrogens with two attached hydrogens (primary N) is 1. The number of aromatic nitrogens is 2. The number of halogens is 1. The Morgan fingerprint density at radius 2 is 2.21 bits per heavy atom. The lowest BCUT2D eigenvalue weighted by atomic mass is 10.0. The van der Waals surface area contributed by atoms with Gasteiger partial charge in [0.1, 0.15) is 0 Å². The van der Waals surface area contributed by atoms with Crippen molar-refractivity contribution in [3.63, 3.8) is 0 Å². The van der Waals surface area contributed by atoms with E-state index in [4.69, 9.17) is 17.3 Å². The van der Waals surface area contributed by atoms with E-state index in [0.717, 1.165) is 23.6 Å². The van der Waals surface area contributed by atoms with Gasteiger partial charge in [0.15, 0.2) is 0 Å². The Hall–Kier alpha value is -1.52. The second kappa shape index (κ2) is 6.08. The maximum absolute atomic E-state index is 6.08. The molecule has 0 saturated carbocycles. The zero-order valence-electron chi connectivity index (χ0n) is 11.3. The molecule has 0 fully saturated rings. The zero-order chi connectivity index (χ0) is 13.8. The summed E-state index contributed by atoms with van der Waals surface area (Å²) in [5.41, 5.74) is 7.59. The van der Waals surface area contributed by atoms with Crippen molar-refractivity contribution in [2.24, 2.45) is 0 Å². The van der Waals surface area contributed by atoms with Crippen molar-refractivity contribution >= 4 is 17.3 Å². The molecule has 2 rings (SSSR count). The fourth-order valence-electron chi connectivity index (χ4n) is 2.07. The van der Waals surface area contributed by atoms with Gasteiger partial charge in [-0.05, 0) is 44.8 Å². The van der Waals surface area contributed by atoms with Crippen molar-refractivity contribution in [3.8, 4) is 0 Å². The second-order valence-electron chi connectivity index (χ2n) is 4.92. The normalized spacial score (nSPS) is 12.8. The average Bonchev–Trinajstić information content (AvgIpc) is 2.76. The fourth-order valence-corrected chi connectivity index (χ4v) is 2.27. The number of nitrogen functional groups attached to an aromatic ring is 1. The Balaban J connectivity index is 2.28. The molecule has 1 aromatic heterocycles. The molecule has 0 saturated heterocycles. The van der Waals surface area contributed by atoms with Crippen LogP contribution in [0.15, 0.2) is 36.7 Å². The topological polar surface area (TPSA) is 47.1 Å². The molecule has 1 unspecified atom stereocenters. The molecule has 0 aliphatic heterocycles. The molecule has 0 aliphatic rings. The maximum Gasteiger partial charge on any atom is 0.0782 e. The van der Waals surface area contributed by atoms with E-state index in [2.05, 4.69) is 30.2 Å². The number of rotatable bonds is 5. The number of nitrogens with zero attached hydrogens (tertiary/aromatic N) is 3. The lowest BCUT2D eigenvalue weighted by molar-refractivity contribution is 0.357. The second-order valence-corrected chi connectivity index (χ2v) is 5.35. The molecule has 2 aromatic rings. The largest absolute Gasteiger partial charge is 0.396 e. The van der Waals surface area contributed by atoms with Crippen LogP contribution in [0.5, 0.6) is 0 Å². The molecule has 0 spiro atoms. The molecule has 102 valence electrons. The van der Waals surface area contributed by atoms with Crippen LogP contribution in [0.4, 0.5) is 5.69 Å². The Morgan fingerprint density at radius 1 is 1.42 bits per heavy atom. The van der Waals surface area contributed by atoms with Crippen molar-refractivity contribution < 1.29 is 0 Å². The van der Waals surface area contributed by atoms with Crippen molar-refractivity contribution in [2.75, 3.05) is 26.4 Å². The summed E-state index contributed by atoms with van der Waals surface area (Å²) in [6, 6.07) is 8.06. The minimum atomic E-state index is 0.151. The minimum Gasteiger partial charge on any atom is -0.396 e. The summed E-state index contributed by atoms with van der Waals surface area (Å²) in [6.07, 6.45) is 4.49. The maximum atomic E-state index is 6.08. The van der Waals surface area contributed by atoms with E-state index in [9.17, 15) is 0 Å². The molecule has 19 heavy (non-hydrogen) atoms. The van der Waals surface area contributed by atoms with Crippen molar-refractivity contribution in [1.29, 1.82) is 0 Å². The molecule has 4 nitrogen and oxygen atoms in total. The summed E-state index contributed by atoms with van der Waals surface area (Å²) in [5, 5.41) is 5.07. The van der Waals surface area contributed by atoms with Crippen LogP contribution in [0.2, 0.25) is 5.02 Å². The van der Waals surface area contributed by atoms with Gasteiger partial charge < -0.3 is 10.6 Å². The van der Waals surface area contributed by atoms with Gasteiger partial charge in [0.25, 0.3) is 0 Å². The van der Waals surface area contributed by atoms with Gasteiger partial charge in [0.05, 0.1) is 17.9 Å². The van der Waals surface area contributed by atoms with E-state index in [-0.39, 0.29) is 6.04 Å². The number of hydrogen-bond donors (Lipinski definition) is 1. The minimum absolute atomic E-state index is 0.151. The molecule has 1 aromatic carbocycles. The standard InChI is InChI=1S/C14H19ClN4/c1-18(2)7-6-14(19-10-13(16)9-17-19)11-4-3-5-12(15)8-11/h3-5,8-10,14H,6-7,16H2,1-2H3. The Labute approximate surface area is 118 Å². The molecule has 0 radical (unpaired) electrons. The highest BCUT2D eigenvalue weighted by Crippen LogP contribution is 2.24. The van der Waals surface area contributed by atoms with Gasteiger partial charge in [0.2, 0.25) is 0 Å². The molecule has 0 bridgehead atoms. The molecule has 5 heteroatoms. The van der Waals surface area contributed by atoms with Gasteiger partial charge in [-0.3, -0.25) is 4.68 Å². The molecular weight excluding hydrogens is 260 g/mol. The first-order valence-electron chi connectivity index (χ1n) is 6.26. The highest BCUT2D eigenvalue weighted by molar-refractivity contribution is 6.30. The van der Waals surface area contributed by atoms with Gasteiger partial charge in [-0.25, -0.2) is 0 Å². The van der Waals surface area contributed by atoms with Gasteiger partial charge >= 0.3 is 0 Å². The van der Waals surface area contributed by atoms with E-state index >= 15 is 0 Å². The fraction of sp³-hybridized carbons (Fsp3) is 0.357. The number of anilines is 1. The van der Waals surface area contributed by atoms with Crippen molar-refractivity contribution in [2.45, 2.75) is 12.5 Å². The lowest BCUT2D eigenvalue weighted by Crippen LogP contribution is -2.20. The predicted molar refractivity (Wildman–Crippen MR) is 79.4 cm³/mol. The SMILES string of the molecule is CN(C)CCC(c1cccc(Cl)c1)n1cc(N)cn1. The highest BCUT2D eigenvalue weighted by atomic mass is 35.5.